The van der Waals surface area contributed by atoms with Crippen LogP contribution in [0.25, 0.3) is 11.1 Å². The van der Waals surface area contributed by atoms with E-state index in [9.17, 15) is 9.59 Å². The van der Waals surface area contributed by atoms with Crippen LogP contribution in [0.4, 0.5) is 5.69 Å². The van der Waals surface area contributed by atoms with Gasteiger partial charge in [-0.15, -0.1) is 0 Å². The molecule has 0 unspecified atom stereocenters. The summed E-state index contributed by atoms with van der Waals surface area (Å²) in [6.45, 7) is 4.41. The van der Waals surface area contributed by atoms with Crippen molar-refractivity contribution in [1.29, 1.82) is 0 Å². The minimum absolute atomic E-state index is 0.156. The van der Waals surface area contributed by atoms with Crippen LogP contribution in [0.1, 0.15) is 28.2 Å². The number of amides is 1. The Morgan fingerprint density at radius 2 is 2.15 bits per heavy atom. The molecule has 3 aromatic heterocycles. The van der Waals surface area contributed by atoms with Gasteiger partial charge in [0.25, 0.3) is 11.5 Å². The summed E-state index contributed by atoms with van der Waals surface area (Å²) in [6.07, 6.45) is 3.74. The normalized spacial score (nSPS) is 11.0. The highest BCUT2D eigenvalue weighted by Crippen LogP contribution is 2.22. The number of rotatable bonds is 6. The molecule has 0 spiro atoms. The Kier molecular flexibility index (Phi) is 5.13. The van der Waals surface area contributed by atoms with Crippen LogP contribution in [0.5, 0.6) is 0 Å². The maximum absolute atomic E-state index is 12.8. The fourth-order valence-electron chi connectivity index (χ4n) is 2.75. The zero-order valence-corrected chi connectivity index (χ0v) is 14.9. The van der Waals surface area contributed by atoms with Gasteiger partial charge in [0.2, 0.25) is 5.71 Å². The molecular formula is C18H20N4O4. The van der Waals surface area contributed by atoms with Crippen molar-refractivity contribution >= 4 is 22.7 Å². The molecule has 1 N–H and O–H groups in total. The molecule has 0 fully saturated rings. The second-order valence-corrected chi connectivity index (χ2v) is 5.89. The molecule has 26 heavy (non-hydrogen) atoms. The van der Waals surface area contributed by atoms with E-state index in [-0.39, 0.29) is 22.2 Å². The first-order valence-electron chi connectivity index (χ1n) is 8.23. The molecule has 1 amide bonds. The summed E-state index contributed by atoms with van der Waals surface area (Å²) in [5, 5.41) is 2.97. The average molecular weight is 356 g/mol. The molecule has 0 radical (unpaired) electrons. The standard InChI is InChI=1S/C18H20N4O4/c1-11-13(6-4-7-19-11)21-16(23)14-12(2)26-17-15(14)18(24)22(10-20-17)8-5-9-25-3/h4,6-7,10H,5,8-9H2,1-3H3,(H,21,23). The van der Waals surface area contributed by atoms with Gasteiger partial charge in [0.15, 0.2) is 0 Å². The molecule has 3 heterocycles. The van der Waals surface area contributed by atoms with Crippen LogP contribution in [0, 0.1) is 13.8 Å². The molecule has 0 aliphatic heterocycles. The van der Waals surface area contributed by atoms with Crippen molar-refractivity contribution in [3.05, 3.63) is 52.0 Å². The van der Waals surface area contributed by atoms with Crippen molar-refractivity contribution < 1.29 is 13.9 Å². The molecule has 136 valence electrons. The number of carbonyl (C=O) groups excluding carboxylic acids is 1. The Bertz CT molecular complexity index is 1010. The van der Waals surface area contributed by atoms with Crippen molar-refractivity contribution in [3.63, 3.8) is 0 Å². The van der Waals surface area contributed by atoms with Gasteiger partial charge in [0.05, 0.1) is 16.9 Å². The number of hydrogen-bond donors (Lipinski definition) is 1. The summed E-state index contributed by atoms with van der Waals surface area (Å²) in [5.41, 5.74) is 1.30. The van der Waals surface area contributed by atoms with Crippen molar-refractivity contribution in [3.8, 4) is 0 Å². The van der Waals surface area contributed by atoms with E-state index < -0.39 is 5.91 Å². The van der Waals surface area contributed by atoms with Crippen LogP contribution in [0.2, 0.25) is 0 Å². The molecule has 0 aromatic carbocycles. The Morgan fingerprint density at radius 3 is 2.88 bits per heavy atom. The van der Waals surface area contributed by atoms with E-state index in [1.54, 1.807) is 39.3 Å². The maximum Gasteiger partial charge on any atom is 0.265 e. The Balaban J connectivity index is 2.00. The van der Waals surface area contributed by atoms with E-state index in [1.807, 2.05) is 0 Å². The van der Waals surface area contributed by atoms with E-state index in [0.717, 1.165) is 0 Å². The minimum Gasteiger partial charge on any atom is -0.442 e. The predicted molar refractivity (Wildman–Crippen MR) is 96.4 cm³/mol. The third-order valence-corrected chi connectivity index (χ3v) is 4.08. The molecule has 3 rings (SSSR count). The highest BCUT2D eigenvalue weighted by molar-refractivity contribution is 6.12. The van der Waals surface area contributed by atoms with E-state index in [4.69, 9.17) is 9.15 Å². The van der Waals surface area contributed by atoms with Gasteiger partial charge in [-0.3, -0.25) is 19.1 Å². The van der Waals surface area contributed by atoms with Gasteiger partial charge in [-0.05, 0) is 32.4 Å². The number of fused-ring (bicyclic) bond motifs is 1. The first kappa shape index (κ1) is 17.8. The number of methoxy groups -OCH3 is 1. The van der Waals surface area contributed by atoms with Gasteiger partial charge in [-0.2, -0.15) is 0 Å². The zero-order valence-electron chi connectivity index (χ0n) is 14.9. The lowest BCUT2D eigenvalue weighted by atomic mass is 10.1. The number of pyridine rings is 1. The number of aryl methyl sites for hydroxylation is 3. The SMILES string of the molecule is COCCCn1cnc2oc(C)c(C(=O)Nc3cccnc3C)c2c1=O. The second kappa shape index (κ2) is 7.49. The number of aromatic nitrogens is 3. The highest BCUT2D eigenvalue weighted by Gasteiger charge is 2.23. The first-order valence-corrected chi connectivity index (χ1v) is 8.23. The molecule has 0 aliphatic carbocycles. The zero-order chi connectivity index (χ0) is 18.7. The Labute approximate surface area is 149 Å². The van der Waals surface area contributed by atoms with E-state index in [1.165, 1.54) is 10.9 Å². The summed E-state index contributed by atoms with van der Waals surface area (Å²) in [7, 11) is 1.60. The minimum atomic E-state index is -0.425. The number of carbonyl (C=O) groups is 1. The summed E-state index contributed by atoms with van der Waals surface area (Å²) in [5.74, 6) is -0.0795. The monoisotopic (exact) mass is 356 g/mol. The summed E-state index contributed by atoms with van der Waals surface area (Å²) < 4.78 is 12.0. The number of anilines is 1. The molecule has 0 saturated carbocycles. The third kappa shape index (κ3) is 3.36. The van der Waals surface area contributed by atoms with Crippen molar-refractivity contribution in [2.24, 2.45) is 0 Å². The number of nitrogens with zero attached hydrogens (tertiary/aromatic N) is 3. The fourth-order valence-corrected chi connectivity index (χ4v) is 2.75. The molecule has 8 heteroatoms. The van der Waals surface area contributed by atoms with Gasteiger partial charge in [-0.25, -0.2) is 4.98 Å². The lowest BCUT2D eigenvalue weighted by molar-refractivity contribution is 0.102. The van der Waals surface area contributed by atoms with Gasteiger partial charge in [0, 0.05) is 26.5 Å². The van der Waals surface area contributed by atoms with Crippen molar-refractivity contribution in [1.82, 2.24) is 14.5 Å². The van der Waals surface area contributed by atoms with Crippen LogP contribution < -0.4 is 10.9 Å². The lowest BCUT2D eigenvalue weighted by Crippen LogP contribution is -2.23. The smallest absolute Gasteiger partial charge is 0.265 e. The summed E-state index contributed by atoms with van der Waals surface area (Å²) >= 11 is 0. The number of furan rings is 1. The first-order chi connectivity index (χ1) is 12.5. The molecule has 0 bridgehead atoms. The maximum atomic E-state index is 12.8. The topological polar surface area (TPSA) is 99.2 Å². The number of hydrogen-bond acceptors (Lipinski definition) is 6. The van der Waals surface area contributed by atoms with Crippen molar-refractivity contribution in [2.75, 3.05) is 19.0 Å². The second-order valence-electron chi connectivity index (χ2n) is 5.89. The average Bonchev–Trinajstić information content (AvgIpc) is 2.96. The quantitative estimate of drug-likeness (QED) is 0.680. The number of ether oxygens (including phenoxy) is 1. The Hall–Kier alpha value is -3.00. The summed E-state index contributed by atoms with van der Waals surface area (Å²) in [4.78, 5) is 33.9. The molecule has 0 saturated heterocycles. The fraction of sp³-hybridized carbons (Fsp3) is 0.333. The van der Waals surface area contributed by atoms with Crippen molar-refractivity contribution in [2.45, 2.75) is 26.8 Å². The van der Waals surface area contributed by atoms with Gasteiger partial charge >= 0.3 is 0 Å². The highest BCUT2D eigenvalue weighted by atomic mass is 16.5. The van der Waals surface area contributed by atoms with E-state index in [0.29, 0.717) is 36.7 Å². The molecular weight excluding hydrogens is 336 g/mol. The van der Waals surface area contributed by atoms with Gasteiger partial charge in [-0.1, -0.05) is 0 Å². The van der Waals surface area contributed by atoms with Crippen LogP contribution >= 0.6 is 0 Å². The largest absolute Gasteiger partial charge is 0.442 e. The van der Waals surface area contributed by atoms with Crippen LogP contribution in [0.15, 0.2) is 33.9 Å². The molecule has 8 nitrogen and oxygen atoms in total. The van der Waals surface area contributed by atoms with Crippen LogP contribution in [0.3, 0.4) is 0 Å². The molecule has 3 aromatic rings. The van der Waals surface area contributed by atoms with Gasteiger partial charge in [0.1, 0.15) is 17.5 Å². The van der Waals surface area contributed by atoms with Crippen LogP contribution in [-0.4, -0.2) is 34.2 Å². The van der Waals surface area contributed by atoms with Gasteiger partial charge < -0.3 is 14.5 Å². The third-order valence-electron chi connectivity index (χ3n) is 4.08. The Morgan fingerprint density at radius 1 is 1.35 bits per heavy atom. The predicted octanol–water partition coefficient (Wildman–Crippen LogP) is 2.29. The molecule has 0 atom stereocenters. The lowest BCUT2D eigenvalue weighted by Gasteiger charge is -2.07. The molecule has 0 aliphatic rings. The van der Waals surface area contributed by atoms with E-state index >= 15 is 0 Å². The summed E-state index contributed by atoms with van der Waals surface area (Å²) in [6, 6.07) is 3.48. The number of nitrogens with one attached hydrogen (secondary N) is 1. The van der Waals surface area contributed by atoms with Crippen LogP contribution in [-0.2, 0) is 11.3 Å². The van der Waals surface area contributed by atoms with E-state index in [2.05, 4.69) is 15.3 Å².